The summed E-state index contributed by atoms with van der Waals surface area (Å²) in [5.41, 5.74) is 1.61. The maximum Gasteiger partial charge on any atom is 0.292 e. The van der Waals surface area contributed by atoms with Gasteiger partial charge in [-0.2, -0.15) is 0 Å². The highest BCUT2D eigenvalue weighted by Crippen LogP contribution is 2.33. The molecule has 0 aliphatic rings. The zero-order chi connectivity index (χ0) is 19.7. The molecule has 8 heteroatoms. The minimum absolute atomic E-state index is 0.138. The van der Waals surface area contributed by atoms with Crippen molar-refractivity contribution >= 4 is 51.1 Å². The number of thiophene rings is 1. The number of hydrogen-bond acceptors (Lipinski definition) is 5. The second kappa shape index (κ2) is 7.38. The van der Waals surface area contributed by atoms with Crippen molar-refractivity contribution < 1.29 is 9.72 Å². The number of nitrogens with one attached hydrogen (secondary N) is 1. The third kappa shape index (κ3) is 3.45. The molecule has 2 aromatic carbocycles. The molecule has 0 saturated carbocycles. The molecular formula is C20H12ClN3O3S. The number of amides is 1. The molecule has 0 spiro atoms. The predicted molar refractivity (Wildman–Crippen MR) is 111 cm³/mol. The Kier molecular flexibility index (Phi) is 4.77. The number of aromatic nitrogens is 1. The average molecular weight is 410 g/mol. The van der Waals surface area contributed by atoms with Crippen molar-refractivity contribution in [3.05, 3.63) is 86.7 Å². The zero-order valence-electron chi connectivity index (χ0n) is 14.3. The van der Waals surface area contributed by atoms with Gasteiger partial charge in [-0.25, -0.2) is 4.98 Å². The van der Waals surface area contributed by atoms with Gasteiger partial charge < -0.3 is 5.32 Å². The van der Waals surface area contributed by atoms with E-state index in [-0.39, 0.29) is 11.4 Å². The largest absolute Gasteiger partial charge is 0.316 e. The number of benzene rings is 2. The Morgan fingerprint density at radius 1 is 1.07 bits per heavy atom. The van der Waals surface area contributed by atoms with E-state index in [0.717, 1.165) is 4.88 Å². The lowest BCUT2D eigenvalue weighted by molar-refractivity contribution is -0.383. The van der Waals surface area contributed by atoms with E-state index in [4.69, 9.17) is 11.6 Å². The van der Waals surface area contributed by atoms with Crippen molar-refractivity contribution in [3.63, 3.8) is 0 Å². The minimum Gasteiger partial charge on any atom is -0.316 e. The lowest BCUT2D eigenvalue weighted by atomic mass is 10.1. The molecule has 0 radical (unpaired) electrons. The van der Waals surface area contributed by atoms with Crippen molar-refractivity contribution in [2.45, 2.75) is 0 Å². The van der Waals surface area contributed by atoms with E-state index in [1.807, 2.05) is 24.3 Å². The van der Waals surface area contributed by atoms with Gasteiger partial charge >= 0.3 is 0 Å². The van der Waals surface area contributed by atoms with Gasteiger partial charge in [0.1, 0.15) is 5.69 Å². The van der Waals surface area contributed by atoms with Crippen LogP contribution < -0.4 is 5.32 Å². The van der Waals surface area contributed by atoms with Crippen LogP contribution in [0.5, 0.6) is 0 Å². The molecule has 2 aromatic heterocycles. The molecule has 0 bridgehead atoms. The van der Waals surface area contributed by atoms with Crippen molar-refractivity contribution in [2.75, 3.05) is 5.32 Å². The number of carbonyl (C=O) groups is 1. The van der Waals surface area contributed by atoms with Gasteiger partial charge in [0, 0.05) is 11.5 Å². The Morgan fingerprint density at radius 2 is 1.82 bits per heavy atom. The summed E-state index contributed by atoms with van der Waals surface area (Å²) >= 11 is 7.39. The van der Waals surface area contributed by atoms with E-state index in [9.17, 15) is 14.9 Å². The van der Waals surface area contributed by atoms with Crippen LogP contribution in [0.15, 0.2) is 66.7 Å². The van der Waals surface area contributed by atoms with Gasteiger partial charge in [0.05, 0.1) is 30.9 Å². The third-order valence-corrected chi connectivity index (χ3v) is 5.39. The van der Waals surface area contributed by atoms with Crippen LogP contribution >= 0.6 is 22.9 Å². The fourth-order valence-corrected chi connectivity index (χ4v) is 3.87. The molecule has 6 nitrogen and oxygen atoms in total. The summed E-state index contributed by atoms with van der Waals surface area (Å²) in [5.74, 6) is -0.447. The number of anilines is 1. The Balaban J connectivity index is 1.81. The standard InChI is InChI=1S/C20H12ClN3O3S/c21-19-10-9-18(28-19)16-11-13(12-5-1-2-6-14(12)22-16)20(25)23-15-7-3-4-8-17(15)24(26)27/h1-11H,(H,23,25). The normalized spacial score (nSPS) is 10.8. The first kappa shape index (κ1) is 18.1. The number of nitro groups is 1. The molecule has 4 rings (SSSR count). The van der Waals surface area contributed by atoms with E-state index >= 15 is 0 Å². The van der Waals surface area contributed by atoms with Crippen LogP contribution in [-0.2, 0) is 0 Å². The second-order valence-corrected chi connectivity index (χ2v) is 7.62. The molecule has 0 aliphatic heterocycles. The van der Waals surface area contributed by atoms with Gasteiger partial charge in [-0.05, 0) is 30.3 Å². The number of nitro benzene ring substituents is 1. The Bertz CT molecular complexity index is 1220. The van der Waals surface area contributed by atoms with Gasteiger partial charge in [-0.3, -0.25) is 14.9 Å². The summed E-state index contributed by atoms with van der Waals surface area (Å²) < 4.78 is 0.621. The smallest absolute Gasteiger partial charge is 0.292 e. The van der Waals surface area contributed by atoms with E-state index in [1.165, 1.54) is 23.5 Å². The number of carbonyl (C=O) groups excluding carboxylic acids is 1. The maximum absolute atomic E-state index is 13.0. The summed E-state index contributed by atoms with van der Waals surface area (Å²) in [5, 5.41) is 14.5. The molecule has 4 aromatic rings. The van der Waals surface area contributed by atoms with Crippen LogP contribution in [0, 0.1) is 10.1 Å². The average Bonchev–Trinajstić information content (AvgIpc) is 3.13. The lowest BCUT2D eigenvalue weighted by Gasteiger charge is -2.10. The molecule has 0 saturated heterocycles. The van der Waals surface area contributed by atoms with Gasteiger partial charge in [-0.1, -0.05) is 41.9 Å². The lowest BCUT2D eigenvalue weighted by Crippen LogP contribution is -2.14. The molecule has 0 atom stereocenters. The van der Waals surface area contributed by atoms with E-state index in [1.54, 1.807) is 30.3 Å². The molecule has 138 valence electrons. The molecule has 1 N–H and O–H groups in total. The van der Waals surface area contributed by atoms with Crippen LogP contribution in [-0.4, -0.2) is 15.8 Å². The first-order valence-corrected chi connectivity index (χ1v) is 9.42. The predicted octanol–water partition coefficient (Wildman–Crippen LogP) is 5.78. The van der Waals surface area contributed by atoms with Crippen LogP contribution in [0.3, 0.4) is 0 Å². The molecule has 2 heterocycles. The highest BCUT2D eigenvalue weighted by Gasteiger charge is 2.19. The SMILES string of the molecule is O=C(Nc1ccccc1[N+](=O)[O-])c1cc(-c2ccc(Cl)s2)nc2ccccc12. The third-order valence-electron chi connectivity index (χ3n) is 4.14. The first-order valence-electron chi connectivity index (χ1n) is 8.23. The van der Waals surface area contributed by atoms with Crippen molar-refractivity contribution in [3.8, 4) is 10.6 Å². The fraction of sp³-hybridized carbons (Fsp3) is 0. The first-order chi connectivity index (χ1) is 13.5. The fourth-order valence-electron chi connectivity index (χ4n) is 2.87. The van der Waals surface area contributed by atoms with E-state index < -0.39 is 10.8 Å². The van der Waals surface area contributed by atoms with Crippen LogP contribution in [0.4, 0.5) is 11.4 Å². The van der Waals surface area contributed by atoms with Crippen molar-refractivity contribution in [1.82, 2.24) is 4.98 Å². The number of rotatable bonds is 4. The molecule has 28 heavy (non-hydrogen) atoms. The van der Waals surface area contributed by atoms with E-state index in [0.29, 0.717) is 26.5 Å². The Morgan fingerprint density at radius 3 is 2.57 bits per heavy atom. The molecular weight excluding hydrogens is 398 g/mol. The molecule has 0 unspecified atom stereocenters. The molecule has 0 fully saturated rings. The minimum atomic E-state index is -0.528. The summed E-state index contributed by atoms with van der Waals surface area (Å²) in [6.07, 6.45) is 0. The second-order valence-electron chi connectivity index (χ2n) is 5.90. The number of fused-ring (bicyclic) bond motifs is 1. The summed E-state index contributed by atoms with van der Waals surface area (Å²) in [7, 11) is 0. The van der Waals surface area contributed by atoms with Crippen LogP contribution in [0.1, 0.15) is 10.4 Å². The Labute approximate surface area is 168 Å². The number of nitrogens with zero attached hydrogens (tertiary/aromatic N) is 2. The maximum atomic E-state index is 13.0. The van der Waals surface area contributed by atoms with Gasteiger partial charge in [0.25, 0.3) is 11.6 Å². The van der Waals surface area contributed by atoms with Gasteiger partial charge in [0.15, 0.2) is 0 Å². The van der Waals surface area contributed by atoms with Crippen LogP contribution in [0.2, 0.25) is 4.34 Å². The highest BCUT2D eigenvalue weighted by atomic mass is 35.5. The van der Waals surface area contributed by atoms with Crippen LogP contribution in [0.25, 0.3) is 21.5 Å². The topological polar surface area (TPSA) is 85.1 Å². The molecule has 1 amide bonds. The number of para-hydroxylation sites is 3. The monoisotopic (exact) mass is 409 g/mol. The van der Waals surface area contributed by atoms with E-state index in [2.05, 4.69) is 10.3 Å². The summed E-state index contributed by atoms with van der Waals surface area (Å²) in [6.45, 7) is 0. The number of pyridine rings is 1. The van der Waals surface area contributed by atoms with Gasteiger partial charge in [-0.15, -0.1) is 11.3 Å². The summed E-state index contributed by atoms with van der Waals surface area (Å²) in [6, 6.07) is 18.6. The molecule has 0 aliphatic carbocycles. The number of hydrogen-bond donors (Lipinski definition) is 1. The van der Waals surface area contributed by atoms with Gasteiger partial charge in [0.2, 0.25) is 0 Å². The highest BCUT2D eigenvalue weighted by molar-refractivity contribution is 7.19. The zero-order valence-corrected chi connectivity index (χ0v) is 15.8. The quantitative estimate of drug-likeness (QED) is 0.342. The Hall–Kier alpha value is -3.29. The van der Waals surface area contributed by atoms with Crippen molar-refractivity contribution in [2.24, 2.45) is 0 Å². The van der Waals surface area contributed by atoms with Crippen molar-refractivity contribution in [1.29, 1.82) is 0 Å². The number of halogens is 1. The summed E-state index contributed by atoms with van der Waals surface area (Å²) in [4.78, 5) is 29.2.